The van der Waals surface area contributed by atoms with Crippen LogP contribution in [0.5, 0.6) is 0 Å². The van der Waals surface area contributed by atoms with Gasteiger partial charge in [-0.05, 0) is 54.5 Å². The molecule has 2 aromatic carbocycles. The number of fused-ring (bicyclic) bond motifs is 1. The van der Waals surface area contributed by atoms with Gasteiger partial charge in [0, 0.05) is 44.7 Å². The lowest BCUT2D eigenvalue weighted by atomic mass is 10.0. The standard InChI is InChI=1S/C27H35N3O4S/c1-21(22-9-5-4-6-10-22)20-28-35(33,34)24-11-12-25-23(19-24)15-18-30(25)27(32)14-13-26(31)29-16-7-2-3-8-17-29/h4-6,9-12,19,21,28H,2-3,7-8,13-18,20H2,1H3/t21-/m1/s1. The molecular formula is C27H35N3O4S. The van der Waals surface area contributed by atoms with E-state index in [0.717, 1.165) is 55.6 Å². The Morgan fingerprint density at radius 2 is 1.60 bits per heavy atom. The van der Waals surface area contributed by atoms with E-state index in [2.05, 4.69) is 4.72 Å². The van der Waals surface area contributed by atoms with Gasteiger partial charge < -0.3 is 9.80 Å². The van der Waals surface area contributed by atoms with E-state index in [0.29, 0.717) is 19.5 Å². The summed E-state index contributed by atoms with van der Waals surface area (Å²) in [5.74, 6) is 0.0137. The van der Waals surface area contributed by atoms with Gasteiger partial charge in [-0.2, -0.15) is 0 Å². The van der Waals surface area contributed by atoms with Gasteiger partial charge in [0.05, 0.1) is 4.90 Å². The van der Waals surface area contributed by atoms with E-state index < -0.39 is 10.0 Å². The summed E-state index contributed by atoms with van der Waals surface area (Å²) in [5.41, 5.74) is 2.66. The van der Waals surface area contributed by atoms with Gasteiger partial charge in [0.2, 0.25) is 21.8 Å². The highest BCUT2D eigenvalue weighted by Crippen LogP contribution is 2.31. The van der Waals surface area contributed by atoms with Crippen LogP contribution in [0, 0.1) is 0 Å². The van der Waals surface area contributed by atoms with Crippen molar-refractivity contribution >= 4 is 27.5 Å². The van der Waals surface area contributed by atoms with Crippen molar-refractivity contribution in [2.75, 3.05) is 31.1 Å². The van der Waals surface area contributed by atoms with Crippen LogP contribution in [-0.4, -0.2) is 51.3 Å². The Morgan fingerprint density at radius 3 is 2.31 bits per heavy atom. The van der Waals surface area contributed by atoms with Gasteiger partial charge in [-0.15, -0.1) is 0 Å². The van der Waals surface area contributed by atoms with Crippen LogP contribution in [-0.2, 0) is 26.0 Å². The maximum atomic E-state index is 12.9. The normalized spacial score (nSPS) is 17.1. The molecule has 0 aromatic heterocycles. The summed E-state index contributed by atoms with van der Waals surface area (Å²) in [7, 11) is -3.66. The number of anilines is 1. The molecule has 8 heteroatoms. The van der Waals surface area contributed by atoms with Gasteiger partial charge in [0.15, 0.2) is 0 Å². The molecule has 0 radical (unpaired) electrons. The molecule has 0 aliphatic carbocycles. The van der Waals surface area contributed by atoms with Crippen LogP contribution in [0.25, 0.3) is 0 Å². The molecule has 2 aliphatic rings. The minimum atomic E-state index is -3.66. The summed E-state index contributed by atoms with van der Waals surface area (Å²) in [6.45, 7) is 4.37. The van der Waals surface area contributed by atoms with Crippen LogP contribution < -0.4 is 9.62 Å². The van der Waals surface area contributed by atoms with Crippen molar-refractivity contribution in [1.29, 1.82) is 0 Å². The number of hydrogen-bond acceptors (Lipinski definition) is 4. The first-order chi connectivity index (χ1) is 16.8. The predicted octanol–water partition coefficient (Wildman–Crippen LogP) is 3.84. The molecule has 0 unspecified atom stereocenters. The quantitative estimate of drug-likeness (QED) is 0.600. The number of amides is 2. The van der Waals surface area contributed by atoms with Crippen molar-refractivity contribution in [2.45, 2.75) is 62.7 Å². The number of likely N-dealkylation sites (tertiary alicyclic amines) is 1. The first-order valence-electron chi connectivity index (χ1n) is 12.6. The number of carbonyl (C=O) groups is 2. The van der Waals surface area contributed by atoms with Crippen LogP contribution >= 0.6 is 0 Å². The van der Waals surface area contributed by atoms with E-state index in [9.17, 15) is 18.0 Å². The molecule has 2 amide bonds. The van der Waals surface area contributed by atoms with Crippen molar-refractivity contribution in [3.05, 3.63) is 59.7 Å². The largest absolute Gasteiger partial charge is 0.343 e. The molecule has 7 nitrogen and oxygen atoms in total. The van der Waals surface area contributed by atoms with Crippen LogP contribution in [0.2, 0.25) is 0 Å². The molecule has 1 N–H and O–H groups in total. The monoisotopic (exact) mass is 497 g/mol. The molecule has 35 heavy (non-hydrogen) atoms. The highest BCUT2D eigenvalue weighted by atomic mass is 32.2. The maximum absolute atomic E-state index is 12.9. The fourth-order valence-electron chi connectivity index (χ4n) is 4.85. The van der Waals surface area contributed by atoms with Crippen LogP contribution in [0.1, 0.15) is 62.5 Å². The highest BCUT2D eigenvalue weighted by molar-refractivity contribution is 7.89. The van der Waals surface area contributed by atoms with Gasteiger partial charge in [-0.25, -0.2) is 13.1 Å². The summed E-state index contributed by atoms with van der Waals surface area (Å²) in [6, 6.07) is 14.7. The Balaban J connectivity index is 1.35. The molecule has 0 bridgehead atoms. The smallest absolute Gasteiger partial charge is 0.240 e. The summed E-state index contributed by atoms with van der Waals surface area (Å²) >= 11 is 0. The van der Waals surface area contributed by atoms with Gasteiger partial charge in [0.1, 0.15) is 0 Å². The third-order valence-corrected chi connectivity index (χ3v) is 8.44. The predicted molar refractivity (Wildman–Crippen MR) is 137 cm³/mol. The minimum Gasteiger partial charge on any atom is -0.343 e. The van der Waals surface area contributed by atoms with E-state index in [1.54, 1.807) is 23.1 Å². The molecule has 1 fully saturated rings. The second kappa shape index (κ2) is 11.4. The molecule has 1 atom stereocenters. The van der Waals surface area contributed by atoms with Gasteiger partial charge in [-0.3, -0.25) is 9.59 Å². The third kappa shape index (κ3) is 6.30. The molecule has 188 valence electrons. The second-order valence-corrected chi connectivity index (χ2v) is 11.3. The van der Waals surface area contributed by atoms with Crippen molar-refractivity contribution in [2.24, 2.45) is 0 Å². The molecule has 4 rings (SSSR count). The van der Waals surface area contributed by atoms with Crippen molar-refractivity contribution in [1.82, 2.24) is 9.62 Å². The number of nitrogens with zero attached hydrogens (tertiary/aromatic N) is 2. The SMILES string of the molecule is C[C@H](CNS(=O)(=O)c1ccc2c(c1)CCN2C(=O)CCC(=O)N1CCCCCC1)c1ccccc1. The average molecular weight is 498 g/mol. The van der Waals surface area contributed by atoms with Crippen molar-refractivity contribution < 1.29 is 18.0 Å². The lowest BCUT2D eigenvalue weighted by Crippen LogP contribution is -2.34. The number of rotatable bonds is 8. The molecule has 2 aliphatic heterocycles. The molecule has 2 heterocycles. The molecule has 0 saturated carbocycles. The highest BCUT2D eigenvalue weighted by Gasteiger charge is 2.27. The summed E-state index contributed by atoms with van der Waals surface area (Å²) in [5, 5.41) is 0. The minimum absolute atomic E-state index is 0.0468. The summed E-state index contributed by atoms with van der Waals surface area (Å²) < 4.78 is 28.5. The Kier molecular flexibility index (Phi) is 8.23. The zero-order chi connectivity index (χ0) is 24.8. The Hall–Kier alpha value is -2.71. The Morgan fingerprint density at radius 1 is 0.914 bits per heavy atom. The summed E-state index contributed by atoms with van der Waals surface area (Å²) in [6.07, 6.45) is 5.38. The lowest BCUT2D eigenvalue weighted by molar-refractivity contribution is -0.133. The number of carbonyl (C=O) groups excluding carboxylic acids is 2. The lowest BCUT2D eigenvalue weighted by Gasteiger charge is -2.21. The van der Waals surface area contributed by atoms with Crippen molar-refractivity contribution in [3.63, 3.8) is 0 Å². The first kappa shape index (κ1) is 25.4. The number of benzene rings is 2. The number of hydrogen-bond donors (Lipinski definition) is 1. The van der Waals surface area contributed by atoms with Crippen LogP contribution in [0.15, 0.2) is 53.4 Å². The van der Waals surface area contributed by atoms with Gasteiger partial charge in [0.25, 0.3) is 0 Å². The fourth-order valence-corrected chi connectivity index (χ4v) is 6.03. The average Bonchev–Trinajstić information content (AvgIpc) is 3.10. The van der Waals surface area contributed by atoms with E-state index in [1.807, 2.05) is 42.2 Å². The third-order valence-electron chi connectivity index (χ3n) is 7.02. The number of nitrogens with one attached hydrogen (secondary N) is 1. The fraction of sp³-hybridized carbons (Fsp3) is 0.481. The van der Waals surface area contributed by atoms with E-state index in [1.165, 1.54) is 0 Å². The van der Waals surface area contributed by atoms with Gasteiger partial charge >= 0.3 is 0 Å². The maximum Gasteiger partial charge on any atom is 0.240 e. The van der Waals surface area contributed by atoms with E-state index >= 15 is 0 Å². The Bertz CT molecular complexity index is 1140. The summed E-state index contributed by atoms with van der Waals surface area (Å²) in [4.78, 5) is 29.2. The first-order valence-corrected chi connectivity index (χ1v) is 14.1. The molecular weight excluding hydrogens is 462 g/mol. The Labute approximate surface area is 208 Å². The molecule has 0 spiro atoms. The topological polar surface area (TPSA) is 86.8 Å². The molecule has 2 aromatic rings. The zero-order valence-corrected chi connectivity index (χ0v) is 21.2. The van der Waals surface area contributed by atoms with E-state index in [4.69, 9.17) is 0 Å². The molecule has 1 saturated heterocycles. The van der Waals surface area contributed by atoms with E-state index in [-0.39, 0.29) is 35.5 Å². The van der Waals surface area contributed by atoms with Crippen LogP contribution in [0.3, 0.4) is 0 Å². The van der Waals surface area contributed by atoms with Gasteiger partial charge in [-0.1, -0.05) is 50.1 Å². The van der Waals surface area contributed by atoms with Crippen molar-refractivity contribution in [3.8, 4) is 0 Å². The van der Waals surface area contributed by atoms with Crippen LogP contribution in [0.4, 0.5) is 5.69 Å². The zero-order valence-electron chi connectivity index (χ0n) is 20.4. The second-order valence-electron chi connectivity index (χ2n) is 9.54. The number of sulfonamides is 1.